The van der Waals surface area contributed by atoms with Crippen LogP contribution in [-0.4, -0.2) is 16.9 Å². The van der Waals surface area contributed by atoms with Gasteiger partial charge in [0.2, 0.25) is 0 Å². The van der Waals surface area contributed by atoms with Gasteiger partial charge in [0.05, 0.1) is 12.3 Å². The molecule has 0 saturated carbocycles. The molecule has 0 amide bonds. The van der Waals surface area contributed by atoms with Gasteiger partial charge in [0.15, 0.2) is 0 Å². The molecule has 15 heavy (non-hydrogen) atoms. The molecule has 3 nitrogen and oxygen atoms in total. The van der Waals surface area contributed by atoms with Crippen molar-refractivity contribution >= 4 is 24.4 Å². The van der Waals surface area contributed by atoms with Crippen molar-refractivity contribution in [1.29, 1.82) is 0 Å². The van der Waals surface area contributed by atoms with Gasteiger partial charge in [-0.1, -0.05) is 12.1 Å². The Bertz CT molecular complexity index is 370. The molecule has 80 valence electrons. The van der Waals surface area contributed by atoms with Crippen LogP contribution in [0.3, 0.4) is 0 Å². The molecule has 4 heteroatoms. The smallest absolute Gasteiger partial charge is 0.304 e. The lowest BCUT2D eigenvalue weighted by atomic mass is 9.92. The molecule has 0 aliphatic rings. The van der Waals surface area contributed by atoms with Gasteiger partial charge in [0, 0.05) is 4.90 Å². The minimum atomic E-state index is -0.967. The Morgan fingerprint density at radius 2 is 1.87 bits per heavy atom. The van der Waals surface area contributed by atoms with Crippen molar-refractivity contribution in [2.24, 2.45) is 0 Å². The standard InChI is InChI=1S/C11H12O3S/c1-7(12)10(6-11(13)14)8-2-4-9(15)5-3-8/h2-5,10,15H,6H2,1H3,(H,13,14). The van der Waals surface area contributed by atoms with Crippen LogP contribution in [0.25, 0.3) is 0 Å². The molecule has 1 atom stereocenters. The zero-order valence-corrected chi connectivity index (χ0v) is 9.20. The summed E-state index contributed by atoms with van der Waals surface area (Å²) >= 11 is 4.12. The average Bonchev–Trinajstić information content (AvgIpc) is 2.15. The number of ketones is 1. The second kappa shape index (κ2) is 4.98. The van der Waals surface area contributed by atoms with Gasteiger partial charge in [-0.3, -0.25) is 9.59 Å². The predicted octanol–water partition coefficient (Wildman–Crippen LogP) is 2.12. The van der Waals surface area contributed by atoms with E-state index in [1.54, 1.807) is 24.3 Å². The number of carbonyl (C=O) groups excluding carboxylic acids is 1. The van der Waals surface area contributed by atoms with Crippen molar-refractivity contribution in [2.45, 2.75) is 24.2 Å². The lowest BCUT2D eigenvalue weighted by Crippen LogP contribution is -2.13. The molecule has 0 heterocycles. The Morgan fingerprint density at radius 3 is 2.27 bits per heavy atom. The number of carboxylic acids is 1. The summed E-state index contributed by atoms with van der Waals surface area (Å²) < 4.78 is 0. The first-order valence-corrected chi connectivity index (χ1v) is 4.96. The highest BCUT2D eigenvalue weighted by Gasteiger charge is 2.19. The van der Waals surface area contributed by atoms with Crippen LogP contribution >= 0.6 is 12.6 Å². The highest BCUT2D eigenvalue weighted by Crippen LogP contribution is 2.22. The number of rotatable bonds is 4. The van der Waals surface area contributed by atoms with Crippen LogP contribution in [0.15, 0.2) is 29.2 Å². The Balaban J connectivity index is 2.94. The molecule has 0 saturated heterocycles. The van der Waals surface area contributed by atoms with Crippen LogP contribution in [0.5, 0.6) is 0 Å². The van der Waals surface area contributed by atoms with Gasteiger partial charge in [-0.2, -0.15) is 0 Å². The largest absolute Gasteiger partial charge is 0.481 e. The van der Waals surface area contributed by atoms with Gasteiger partial charge in [-0.25, -0.2) is 0 Å². The lowest BCUT2D eigenvalue weighted by molar-refractivity contribution is -0.139. The van der Waals surface area contributed by atoms with Crippen molar-refractivity contribution < 1.29 is 14.7 Å². The van der Waals surface area contributed by atoms with E-state index in [1.807, 2.05) is 0 Å². The van der Waals surface area contributed by atoms with E-state index in [1.165, 1.54) is 6.92 Å². The van der Waals surface area contributed by atoms with Gasteiger partial charge in [0.1, 0.15) is 5.78 Å². The highest BCUT2D eigenvalue weighted by molar-refractivity contribution is 7.80. The Morgan fingerprint density at radius 1 is 1.33 bits per heavy atom. The second-order valence-electron chi connectivity index (χ2n) is 3.35. The summed E-state index contributed by atoms with van der Waals surface area (Å²) in [5.74, 6) is -1.66. The van der Waals surface area contributed by atoms with Gasteiger partial charge in [0.25, 0.3) is 0 Å². The second-order valence-corrected chi connectivity index (χ2v) is 3.87. The third-order valence-electron chi connectivity index (χ3n) is 2.16. The number of Topliss-reactive ketones (excluding diaryl/α,β-unsaturated/α-hetero) is 1. The number of carbonyl (C=O) groups is 2. The Kier molecular flexibility index (Phi) is 3.91. The van der Waals surface area contributed by atoms with E-state index in [9.17, 15) is 9.59 Å². The van der Waals surface area contributed by atoms with E-state index in [4.69, 9.17) is 5.11 Å². The number of hydrogen-bond donors (Lipinski definition) is 2. The lowest BCUT2D eigenvalue weighted by Gasteiger charge is -2.11. The monoisotopic (exact) mass is 224 g/mol. The molecule has 0 spiro atoms. The average molecular weight is 224 g/mol. The summed E-state index contributed by atoms with van der Waals surface area (Å²) in [6.45, 7) is 1.40. The Hall–Kier alpha value is -1.29. The molecule has 1 aromatic rings. The van der Waals surface area contributed by atoms with E-state index in [0.717, 1.165) is 10.5 Å². The van der Waals surface area contributed by atoms with Crippen molar-refractivity contribution in [3.63, 3.8) is 0 Å². The molecule has 0 radical (unpaired) electrons. The number of benzene rings is 1. The number of carboxylic acid groups (broad SMARTS) is 1. The van der Waals surface area contributed by atoms with Gasteiger partial charge in [-0.15, -0.1) is 12.6 Å². The first-order valence-electron chi connectivity index (χ1n) is 4.52. The number of thiol groups is 1. The van der Waals surface area contributed by atoms with Crippen LogP contribution in [-0.2, 0) is 9.59 Å². The Labute approximate surface area is 93.5 Å². The third kappa shape index (κ3) is 3.40. The van der Waals surface area contributed by atoms with Gasteiger partial charge < -0.3 is 5.11 Å². The van der Waals surface area contributed by atoms with Crippen LogP contribution in [0.1, 0.15) is 24.8 Å². The maximum Gasteiger partial charge on any atom is 0.304 e. The molecule has 0 fully saturated rings. The van der Waals surface area contributed by atoms with Crippen molar-refractivity contribution in [1.82, 2.24) is 0 Å². The fourth-order valence-electron chi connectivity index (χ4n) is 1.38. The topological polar surface area (TPSA) is 54.4 Å². The fraction of sp³-hybridized carbons (Fsp3) is 0.273. The van der Waals surface area contributed by atoms with Crippen LogP contribution in [0.2, 0.25) is 0 Å². The van der Waals surface area contributed by atoms with Crippen molar-refractivity contribution in [2.75, 3.05) is 0 Å². The SMILES string of the molecule is CC(=O)C(CC(=O)O)c1ccc(S)cc1. The normalized spacial score (nSPS) is 12.1. The fourth-order valence-corrected chi connectivity index (χ4v) is 1.53. The molecule has 0 aromatic heterocycles. The summed E-state index contributed by atoms with van der Waals surface area (Å²) in [5.41, 5.74) is 0.725. The van der Waals surface area contributed by atoms with E-state index < -0.39 is 11.9 Å². The van der Waals surface area contributed by atoms with Crippen LogP contribution in [0, 0.1) is 0 Å². The summed E-state index contributed by atoms with van der Waals surface area (Å²) in [7, 11) is 0. The quantitative estimate of drug-likeness (QED) is 0.770. The summed E-state index contributed by atoms with van der Waals surface area (Å²) in [5, 5.41) is 8.68. The van der Waals surface area contributed by atoms with Gasteiger partial charge in [-0.05, 0) is 24.6 Å². The molecule has 0 aliphatic heterocycles. The van der Waals surface area contributed by atoms with E-state index >= 15 is 0 Å². The maximum atomic E-state index is 11.3. The van der Waals surface area contributed by atoms with Crippen LogP contribution < -0.4 is 0 Å². The minimum absolute atomic E-state index is 0.135. The third-order valence-corrected chi connectivity index (χ3v) is 2.46. The predicted molar refractivity (Wildman–Crippen MR) is 59.4 cm³/mol. The number of hydrogen-bond acceptors (Lipinski definition) is 3. The summed E-state index contributed by atoms with van der Waals surface area (Å²) in [4.78, 5) is 22.7. The zero-order chi connectivity index (χ0) is 11.4. The first-order chi connectivity index (χ1) is 7.00. The first kappa shape index (κ1) is 11.8. The molecule has 1 N–H and O–H groups in total. The molecule has 1 aromatic carbocycles. The highest BCUT2D eigenvalue weighted by atomic mass is 32.1. The van der Waals surface area contributed by atoms with Gasteiger partial charge >= 0.3 is 5.97 Å². The van der Waals surface area contributed by atoms with Crippen molar-refractivity contribution in [3.05, 3.63) is 29.8 Å². The molecular formula is C11H12O3S. The zero-order valence-electron chi connectivity index (χ0n) is 8.30. The van der Waals surface area contributed by atoms with E-state index in [0.29, 0.717) is 0 Å². The number of aliphatic carboxylic acids is 1. The summed E-state index contributed by atoms with van der Waals surface area (Å²) in [6, 6.07) is 6.96. The summed E-state index contributed by atoms with van der Waals surface area (Å²) in [6.07, 6.45) is -0.165. The molecule has 0 bridgehead atoms. The van der Waals surface area contributed by atoms with Crippen LogP contribution in [0.4, 0.5) is 0 Å². The molecule has 1 unspecified atom stereocenters. The molecule has 0 aliphatic carbocycles. The van der Waals surface area contributed by atoms with E-state index in [-0.39, 0.29) is 12.2 Å². The maximum absolute atomic E-state index is 11.3. The molecular weight excluding hydrogens is 212 g/mol. The minimum Gasteiger partial charge on any atom is -0.481 e. The van der Waals surface area contributed by atoms with E-state index in [2.05, 4.69) is 12.6 Å². The van der Waals surface area contributed by atoms with Crippen molar-refractivity contribution in [3.8, 4) is 0 Å². The molecule has 1 rings (SSSR count).